The number of hydrogen-bond donors (Lipinski definition) is 6. The van der Waals surface area contributed by atoms with E-state index in [0.717, 1.165) is 57.8 Å². The number of carbonyl (C=O) groups is 9. The molecule has 6 N–H and O–H groups in total. The van der Waals surface area contributed by atoms with Gasteiger partial charge in [-0.3, -0.25) is 43.7 Å². The molecule has 5 aromatic rings. The highest BCUT2D eigenvalue weighted by atomic mass is 16.6. The van der Waals surface area contributed by atoms with Crippen molar-refractivity contribution in [2.24, 2.45) is 0 Å². The summed E-state index contributed by atoms with van der Waals surface area (Å²) in [5.41, 5.74) is 2.40. The number of pyridine rings is 3. The summed E-state index contributed by atoms with van der Waals surface area (Å²) in [6.45, 7) is 7.69. The van der Waals surface area contributed by atoms with E-state index in [-0.39, 0.29) is 91.2 Å². The average Bonchev–Trinajstić information content (AvgIpc) is 0.836. The van der Waals surface area contributed by atoms with E-state index < -0.39 is 36.0 Å². The standard InChI is InChI=1S/C98H147N9O12/c1-4-7-10-13-16-19-22-25-28-31-34-37-40-58-90(108)105-87(55-43-46-70-102-93(111)81-52-49-67-99-76-81)96(114)117-84-65-63-79(64-66-84)61-62-80-73-85(118-97(115)88(56-44-47-71-103-94(112)82-53-50-68-100-77-82)106-91(109)59-41-38-35-32-29-26-23-20-17-14-11-8-5-2)75-86(74-80)119-98(116)89(57-45-48-72-104-95(113)83-54-51-69-101-78-83)107-92(110)60-42-39-36-33-30-27-24-21-18-15-12-9-6-3/h49-54,61-69,73-78,87-89H,4-48,55-60,70-72H2,1-3H3,(H,102,111)(H,103,112)(H,104,113)(H,105,108)(H,106,109)(H,107,110)/b62-61+. The van der Waals surface area contributed by atoms with E-state index in [1.54, 1.807) is 104 Å². The number of carbonyl (C=O) groups excluding carboxylic acids is 9. The van der Waals surface area contributed by atoms with Gasteiger partial charge in [0.05, 0.1) is 16.7 Å². The first-order chi connectivity index (χ1) is 58.2. The van der Waals surface area contributed by atoms with Crippen LogP contribution in [0.5, 0.6) is 17.2 Å². The Labute approximate surface area is 713 Å². The predicted molar refractivity (Wildman–Crippen MR) is 477 cm³/mol. The third kappa shape index (κ3) is 49.3. The van der Waals surface area contributed by atoms with E-state index in [0.29, 0.717) is 105 Å². The monoisotopic (exact) mass is 1640 g/mol. The van der Waals surface area contributed by atoms with Crippen molar-refractivity contribution in [3.63, 3.8) is 0 Å². The molecule has 0 aliphatic heterocycles. The molecule has 0 fully saturated rings. The molecule has 3 atom stereocenters. The number of nitrogens with zero attached hydrogens (tertiary/aromatic N) is 3. The average molecular weight is 1640 g/mol. The summed E-state index contributed by atoms with van der Waals surface area (Å²) >= 11 is 0. The Morgan fingerprint density at radius 2 is 0.555 bits per heavy atom. The second-order valence-corrected chi connectivity index (χ2v) is 32.2. The van der Waals surface area contributed by atoms with Gasteiger partial charge in [-0.25, -0.2) is 14.4 Å². The van der Waals surface area contributed by atoms with E-state index in [9.17, 15) is 43.2 Å². The van der Waals surface area contributed by atoms with E-state index in [1.165, 1.54) is 198 Å². The van der Waals surface area contributed by atoms with Gasteiger partial charge in [-0.05, 0) is 149 Å². The van der Waals surface area contributed by atoms with Gasteiger partial charge < -0.3 is 46.1 Å². The lowest BCUT2D eigenvalue weighted by molar-refractivity contribution is -0.140. The summed E-state index contributed by atoms with van der Waals surface area (Å²) in [5, 5.41) is 17.6. The fourth-order valence-corrected chi connectivity index (χ4v) is 14.5. The first-order valence-electron chi connectivity index (χ1n) is 46.3. The SMILES string of the molecule is CCCCCCCCCCCCCCCC(=O)NC(CCCCNC(=O)c1cccnc1)C(=O)Oc1ccc(/C=C/c2cc(OC(=O)C(CCCCNC(=O)c3cccnc3)NC(=O)CCCCCCCCCCCCCCC)cc(OC(=O)C(CCCCNC(=O)c3cccnc3)NC(=O)CCCCCCCCCCCCCCC)c2)cc1. The van der Waals surface area contributed by atoms with Gasteiger partial charge in [-0.2, -0.15) is 0 Å². The maximum absolute atomic E-state index is 14.7. The zero-order valence-electron chi connectivity index (χ0n) is 72.8. The molecular formula is C98H147N9O12. The maximum atomic E-state index is 14.7. The zero-order chi connectivity index (χ0) is 85.1. The van der Waals surface area contributed by atoms with Gasteiger partial charge in [-0.15, -0.1) is 0 Å². The molecule has 2 aromatic carbocycles. The van der Waals surface area contributed by atoms with Crippen molar-refractivity contribution in [2.75, 3.05) is 19.6 Å². The van der Waals surface area contributed by atoms with Gasteiger partial charge in [0.2, 0.25) is 17.7 Å². The summed E-state index contributed by atoms with van der Waals surface area (Å²) in [4.78, 5) is 135. The molecule has 3 unspecified atom stereocenters. The van der Waals surface area contributed by atoms with Crippen molar-refractivity contribution in [2.45, 2.75) is 366 Å². The molecular weight excluding hydrogens is 1500 g/mol. The molecule has 0 aliphatic carbocycles. The number of benzene rings is 2. The highest BCUT2D eigenvalue weighted by molar-refractivity contribution is 5.95. The number of amides is 6. The van der Waals surface area contributed by atoms with E-state index >= 15 is 0 Å². The zero-order valence-corrected chi connectivity index (χ0v) is 72.8. The summed E-state index contributed by atoms with van der Waals surface area (Å²) in [5.74, 6) is -3.47. The van der Waals surface area contributed by atoms with Gasteiger partial charge >= 0.3 is 17.9 Å². The number of esters is 3. The first kappa shape index (κ1) is 100. The molecule has 5 rings (SSSR count). The Morgan fingerprint density at radius 1 is 0.294 bits per heavy atom. The van der Waals surface area contributed by atoms with Gasteiger partial charge in [0.1, 0.15) is 35.4 Å². The largest absolute Gasteiger partial charge is 0.425 e. The van der Waals surface area contributed by atoms with Crippen molar-refractivity contribution in [3.05, 3.63) is 144 Å². The molecule has 0 saturated heterocycles. The van der Waals surface area contributed by atoms with Crippen molar-refractivity contribution in [3.8, 4) is 17.2 Å². The topological polar surface area (TPSA) is 292 Å². The minimum atomic E-state index is -1.09. The van der Waals surface area contributed by atoms with Gasteiger partial charge in [0, 0.05) is 82.1 Å². The van der Waals surface area contributed by atoms with Crippen molar-refractivity contribution in [1.82, 2.24) is 46.9 Å². The quantitative estimate of drug-likeness (QED) is 0.00913. The van der Waals surface area contributed by atoms with Crippen LogP contribution in [0.2, 0.25) is 0 Å². The van der Waals surface area contributed by atoms with Crippen LogP contribution in [0.1, 0.15) is 390 Å². The van der Waals surface area contributed by atoms with Crippen molar-refractivity contribution < 1.29 is 57.4 Å². The number of hydrogen-bond acceptors (Lipinski definition) is 15. The Balaban J connectivity index is 1.34. The summed E-state index contributed by atoms with van der Waals surface area (Å²) in [6.07, 6.45) is 62.5. The Morgan fingerprint density at radius 3 is 0.824 bits per heavy atom. The minimum absolute atomic E-state index is 0.00881. The normalized spacial score (nSPS) is 12.0. The third-order valence-electron chi connectivity index (χ3n) is 21.7. The number of unbranched alkanes of at least 4 members (excludes halogenated alkanes) is 39. The Bertz CT molecular complexity index is 3460. The molecule has 656 valence electrons. The molecule has 119 heavy (non-hydrogen) atoms. The predicted octanol–water partition coefficient (Wildman–Crippen LogP) is 21.5. The van der Waals surface area contributed by atoms with Crippen LogP contribution in [0.15, 0.2) is 116 Å². The van der Waals surface area contributed by atoms with Crippen LogP contribution in [0.25, 0.3) is 12.2 Å². The number of rotatable bonds is 71. The third-order valence-corrected chi connectivity index (χ3v) is 21.7. The van der Waals surface area contributed by atoms with Crippen LogP contribution in [0.3, 0.4) is 0 Å². The fraction of sp³-hybridized carbons (Fsp3) is 0.612. The van der Waals surface area contributed by atoms with E-state index in [2.05, 4.69) is 67.6 Å². The molecule has 21 heteroatoms. The molecule has 0 spiro atoms. The van der Waals surface area contributed by atoms with E-state index in [1.807, 2.05) is 0 Å². The molecule has 0 radical (unpaired) electrons. The second kappa shape index (κ2) is 66.6. The molecule has 6 amide bonds. The Kier molecular flexibility index (Phi) is 56.2. The van der Waals surface area contributed by atoms with Crippen molar-refractivity contribution >= 4 is 65.5 Å². The molecule has 3 heterocycles. The second-order valence-electron chi connectivity index (χ2n) is 32.2. The van der Waals surface area contributed by atoms with Crippen molar-refractivity contribution in [1.29, 1.82) is 0 Å². The lowest BCUT2D eigenvalue weighted by Crippen LogP contribution is -2.43. The number of aromatic nitrogens is 3. The van der Waals surface area contributed by atoms with E-state index in [4.69, 9.17) is 14.2 Å². The molecule has 3 aromatic heterocycles. The number of nitrogens with one attached hydrogen (secondary N) is 6. The summed E-state index contributed by atoms with van der Waals surface area (Å²) in [6, 6.07) is 18.4. The molecule has 21 nitrogen and oxygen atoms in total. The highest BCUT2D eigenvalue weighted by Gasteiger charge is 2.27. The minimum Gasteiger partial charge on any atom is -0.425 e. The van der Waals surface area contributed by atoms with Gasteiger partial charge in [0.25, 0.3) is 17.7 Å². The highest BCUT2D eigenvalue weighted by Crippen LogP contribution is 2.28. The van der Waals surface area contributed by atoms with Gasteiger partial charge in [-0.1, -0.05) is 276 Å². The van der Waals surface area contributed by atoms with Crippen LogP contribution in [-0.2, 0) is 28.8 Å². The van der Waals surface area contributed by atoms with Gasteiger partial charge in [0.15, 0.2) is 0 Å². The lowest BCUT2D eigenvalue weighted by atomic mass is 10.0. The lowest BCUT2D eigenvalue weighted by Gasteiger charge is -2.19. The smallest absolute Gasteiger partial charge is 0.334 e. The fourth-order valence-electron chi connectivity index (χ4n) is 14.5. The first-order valence-corrected chi connectivity index (χ1v) is 46.3. The molecule has 0 saturated carbocycles. The summed E-state index contributed by atoms with van der Waals surface area (Å²) in [7, 11) is 0. The Hall–Kier alpha value is -9.14. The maximum Gasteiger partial charge on any atom is 0.334 e. The van der Waals surface area contributed by atoms with Crippen LogP contribution in [-0.4, -0.2) is 106 Å². The number of ether oxygens (including phenoxy) is 3. The molecule has 0 aliphatic rings. The van der Waals surface area contributed by atoms with Crippen LogP contribution < -0.4 is 46.1 Å². The van der Waals surface area contributed by atoms with Crippen LogP contribution in [0.4, 0.5) is 0 Å². The van der Waals surface area contributed by atoms with Crippen LogP contribution in [0, 0.1) is 0 Å². The van der Waals surface area contributed by atoms with Crippen LogP contribution >= 0.6 is 0 Å². The molecule has 0 bridgehead atoms. The summed E-state index contributed by atoms with van der Waals surface area (Å²) < 4.78 is 18.4.